The van der Waals surface area contributed by atoms with Crippen LogP contribution in [0.2, 0.25) is 5.02 Å². The molecular weight excluding hydrogens is 382 g/mol. The van der Waals surface area contributed by atoms with Gasteiger partial charge in [0.2, 0.25) is 0 Å². The van der Waals surface area contributed by atoms with Crippen LogP contribution in [0, 0.1) is 13.8 Å². The Morgan fingerprint density at radius 1 is 1.11 bits per heavy atom. The van der Waals surface area contributed by atoms with Gasteiger partial charge in [0.25, 0.3) is 0 Å². The second-order valence-corrected chi connectivity index (χ2v) is 6.53. The van der Waals surface area contributed by atoms with Crippen LogP contribution in [0.4, 0.5) is 0 Å². The van der Waals surface area contributed by atoms with Gasteiger partial charge in [-0.05, 0) is 38.1 Å². The number of ketones is 1. The normalized spacial score (nSPS) is 10.5. The predicted octanol–water partition coefficient (Wildman–Crippen LogP) is 4.56. The number of hydrogen-bond donors (Lipinski definition) is 0. The first-order chi connectivity index (χ1) is 13.5. The molecule has 6 nitrogen and oxygen atoms in total. The highest BCUT2D eigenvalue weighted by molar-refractivity contribution is 6.31. The fourth-order valence-electron chi connectivity index (χ4n) is 2.57. The zero-order valence-corrected chi connectivity index (χ0v) is 16.2. The lowest BCUT2D eigenvalue weighted by molar-refractivity contribution is 0.0470. The third kappa shape index (κ3) is 4.58. The molecule has 0 spiro atoms. The van der Waals surface area contributed by atoms with Gasteiger partial charge in [0, 0.05) is 10.6 Å². The van der Waals surface area contributed by atoms with Gasteiger partial charge in [-0.3, -0.25) is 4.79 Å². The van der Waals surface area contributed by atoms with Crippen LogP contribution in [0.25, 0.3) is 0 Å². The summed E-state index contributed by atoms with van der Waals surface area (Å²) in [5, 5.41) is 4.32. The molecule has 0 aliphatic rings. The highest BCUT2D eigenvalue weighted by Gasteiger charge is 2.17. The second-order valence-electron chi connectivity index (χ2n) is 6.10. The molecule has 0 amide bonds. The van der Waals surface area contributed by atoms with Crippen molar-refractivity contribution in [1.82, 2.24) is 5.16 Å². The third-order valence-corrected chi connectivity index (χ3v) is 4.38. The van der Waals surface area contributed by atoms with Gasteiger partial charge in [-0.25, -0.2) is 4.79 Å². The second kappa shape index (κ2) is 8.71. The fraction of sp³-hybridized carbons (Fsp3) is 0.190. The zero-order valence-electron chi connectivity index (χ0n) is 15.4. The molecule has 0 unspecified atom stereocenters. The molecule has 0 N–H and O–H groups in total. The number of benzene rings is 2. The summed E-state index contributed by atoms with van der Waals surface area (Å²) < 4.78 is 16.0. The molecule has 0 fully saturated rings. The minimum Gasteiger partial charge on any atom is -0.488 e. The van der Waals surface area contributed by atoms with E-state index in [0.29, 0.717) is 22.1 Å². The molecular formula is C21H18ClNO5. The maximum atomic E-state index is 12.5. The van der Waals surface area contributed by atoms with E-state index in [4.69, 9.17) is 25.6 Å². The number of aryl methyl sites for hydroxylation is 2. The molecule has 0 bridgehead atoms. The van der Waals surface area contributed by atoms with Crippen LogP contribution in [0.5, 0.6) is 5.75 Å². The van der Waals surface area contributed by atoms with Crippen molar-refractivity contribution >= 4 is 23.4 Å². The van der Waals surface area contributed by atoms with Crippen LogP contribution in [0.1, 0.15) is 37.7 Å². The van der Waals surface area contributed by atoms with Crippen molar-refractivity contribution in [3.05, 3.63) is 81.7 Å². The molecule has 3 rings (SSSR count). The van der Waals surface area contributed by atoms with Crippen molar-refractivity contribution < 1.29 is 23.6 Å². The minimum atomic E-state index is -0.648. The van der Waals surface area contributed by atoms with Crippen molar-refractivity contribution in [3.63, 3.8) is 0 Å². The number of carbonyl (C=O) groups is 2. The summed E-state index contributed by atoms with van der Waals surface area (Å²) in [7, 11) is 0. The molecule has 0 atom stereocenters. The van der Waals surface area contributed by atoms with Crippen molar-refractivity contribution in [2.75, 3.05) is 6.61 Å². The Kier molecular flexibility index (Phi) is 6.11. The van der Waals surface area contributed by atoms with Crippen molar-refractivity contribution in [2.45, 2.75) is 20.5 Å². The number of halogens is 1. The molecule has 0 radical (unpaired) electrons. The van der Waals surface area contributed by atoms with Crippen LogP contribution in [0.15, 0.2) is 53.1 Å². The van der Waals surface area contributed by atoms with E-state index in [0.717, 1.165) is 11.3 Å². The summed E-state index contributed by atoms with van der Waals surface area (Å²) in [4.78, 5) is 24.6. The number of nitrogens with zero attached hydrogens (tertiary/aromatic N) is 1. The van der Waals surface area contributed by atoms with Crippen LogP contribution in [0.3, 0.4) is 0 Å². The van der Waals surface area contributed by atoms with Crippen LogP contribution in [-0.2, 0) is 11.3 Å². The largest absolute Gasteiger partial charge is 0.488 e. The number of rotatable bonds is 7. The monoisotopic (exact) mass is 399 g/mol. The van der Waals surface area contributed by atoms with Gasteiger partial charge in [-0.1, -0.05) is 41.0 Å². The molecule has 144 valence electrons. The highest BCUT2D eigenvalue weighted by Crippen LogP contribution is 2.22. The lowest BCUT2D eigenvalue weighted by atomic mass is 10.1. The van der Waals surface area contributed by atoms with Gasteiger partial charge >= 0.3 is 5.97 Å². The minimum absolute atomic E-state index is 0.201. The molecule has 1 heterocycles. The molecule has 2 aromatic carbocycles. The number of carbonyl (C=O) groups excluding carboxylic acids is 2. The molecule has 28 heavy (non-hydrogen) atoms. The van der Waals surface area contributed by atoms with E-state index in [1.807, 2.05) is 6.92 Å². The summed E-state index contributed by atoms with van der Waals surface area (Å²) in [6.45, 7) is 3.42. The molecule has 7 heteroatoms. The SMILES string of the molecule is Cc1noc(C)c1COc1ccccc1C(=O)OCC(=O)c1cccc(Cl)c1. The van der Waals surface area contributed by atoms with Crippen molar-refractivity contribution in [1.29, 1.82) is 0 Å². The fourth-order valence-corrected chi connectivity index (χ4v) is 2.76. The van der Waals surface area contributed by atoms with Crippen LogP contribution >= 0.6 is 11.6 Å². The average Bonchev–Trinajstić information content (AvgIpc) is 3.02. The van der Waals surface area contributed by atoms with Crippen molar-refractivity contribution in [2.24, 2.45) is 0 Å². The smallest absolute Gasteiger partial charge is 0.342 e. The van der Waals surface area contributed by atoms with E-state index in [-0.39, 0.29) is 18.0 Å². The van der Waals surface area contributed by atoms with E-state index < -0.39 is 12.6 Å². The first-order valence-electron chi connectivity index (χ1n) is 8.55. The van der Waals surface area contributed by atoms with Gasteiger partial charge < -0.3 is 14.0 Å². The first kappa shape index (κ1) is 19.6. The average molecular weight is 400 g/mol. The topological polar surface area (TPSA) is 78.6 Å². The Balaban J connectivity index is 1.66. The van der Waals surface area contributed by atoms with Gasteiger partial charge in [0.1, 0.15) is 23.7 Å². The quantitative estimate of drug-likeness (QED) is 0.428. The summed E-state index contributed by atoms with van der Waals surface area (Å²) in [6.07, 6.45) is 0. The molecule has 3 aromatic rings. The summed E-state index contributed by atoms with van der Waals surface area (Å²) in [6, 6.07) is 13.1. The van der Waals surface area contributed by atoms with Gasteiger partial charge in [0.15, 0.2) is 12.4 Å². The van der Waals surface area contributed by atoms with Gasteiger partial charge in [-0.2, -0.15) is 0 Å². The Bertz CT molecular complexity index is 992. The number of ether oxygens (including phenoxy) is 2. The maximum Gasteiger partial charge on any atom is 0.342 e. The molecule has 0 aliphatic heterocycles. The Labute approximate surface area is 167 Å². The van der Waals surface area contributed by atoms with Gasteiger partial charge in [-0.15, -0.1) is 0 Å². The van der Waals surface area contributed by atoms with E-state index in [9.17, 15) is 9.59 Å². The lowest BCUT2D eigenvalue weighted by Crippen LogP contribution is -2.15. The zero-order chi connectivity index (χ0) is 20.1. The number of hydrogen-bond acceptors (Lipinski definition) is 6. The standard InChI is InChI=1S/C21H18ClNO5/c1-13-18(14(2)28-23-13)11-26-20-9-4-3-8-17(20)21(25)27-12-19(24)15-6-5-7-16(22)10-15/h3-10H,11-12H2,1-2H3. The molecule has 0 aliphatic carbocycles. The lowest BCUT2D eigenvalue weighted by Gasteiger charge is -2.11. The van der Waals surface area contributed by atoms with Crippen LogP contribution < -0.4 is 4.74 Å². The maximum absolute atomic E-state index is 12.5. The number of esters is 1. The van der Waals surface area contributed by atoms with E-state index in [2.05, 4.69) is 5.16 Å². The summed E-state index contributed by atoms with van der Waals surface area (Å²) >= 11 is 5.88. The number of aromatic nitrogens is 1. The Morgan fingerprint density at radius 2 is 1.89 bits per heavy atom. The van der Waals surface area contributed by atoms with Crippen LogP contribution in [-0.4, -0.2) is 23.5 Å². The highest BCUT2D eigenvalue weighted by atomic mass is 35.5. The first-order valence-corrected chi connectivity index (χ1v) is 8.93. The van der Waals surface area contributed by atoms with E-state index >= 15 is 0 Å². The predicted molar refractivity (Wildman–Crippen MR) is 103 cm³/mol. The molecule has 1 aromatic heterocycles. The van der Waals surface area contributed by atoms with Gasteiger partial charge in [0.05, 0.1) is 11.3 Å². The third-order valence-electron chi connectivity index (χ3n) is 4.14. The Morgan fingerprint density at radius 3 is 2.61 bits per heavy atom. The van der Waals surface area contributed by atoms with E-state index in [1.165, 1.54) is 6.07 Å². The Hall–Kier alpha value is -3.12. The number of Topliss-reactive ketones (excluding diaryl/α,β-unsaturated/α-hetero) is 1. The summed E-state index contributed by atoms with van der Waals surface area (Å²) in [5.74, 6) is 0.0158. The summed E-state index contributed by atoms with van der Waals surface area (Å²) in [5.41, 5.74) is 2.15. The molecule has 0 saturated heterocycles. The van der Waals surface area contributed by atoms with Crippen molar-refractivity contribution in [3.8, 4) is 5.75 Å². The van der Waals surface area contributed by atoms with E-state index in [1.54, 1.807) is 49.4 Å². The number of para-hydroxylation sites is 1. The molecule has 0 saturated carbocycles.